The minimum Gasteiger partial charge on any atom is -0.465 e. The van der Waals surface area contributed by atoms with Crippen LogP contribution < -0.4 is 0 Å². The van der Waals surface area contributed by atoms with Gasteiger partial charge in [0.2, 0.25) is 0 Å². The molecule has 1 aromatic rings. The predicted octanol–water partition coefficient (Wildman–Crippen LogP) is 2.92. The van der Waals surface area contributed by atoms with Crippen LogP contribution in [-0.4, -0.2) is 25.2 Å². The van der Waals surface area contributed by atoms with E-state index in [-0.39, 0.29) is 11.9 Å². The van der Waals surface area contributed by atoms with Gasteiger partial charge in [0.1, 0.15) is 0 Å². The second kappa shape index (κ2) is 7.25. The summed E-state index contributed by atoms with van der Waals surface area (Å²) in [6.07, 6.45) is 4.52. The fraction of sp³-hybridized carbons (Fsp3) is 0.444. The van der Waals surface area contributed by atoms with Gasteiger partial charge in [0.15, 0.2) is 0 Å². The van der Waals surface area contributed by atoms with Crippen LogP contribution in [0.15, 0.2) is 42.5 Å². The number of ether oxygens (including phenoxy) is 2. The zero-order valence-electron chi connectivity index (χ0n) is 13.1. The van der Waals surface area contributed by atoms with Gasteiger partial charge in [-0.3, -0.25) is 4.79 Å². The van der Waals surface area contributed by atoms with Crippen LogP contribution in [0, 0.1) is 11.3 Å². The lowest BCUT2D eigenvalue weighted by Gasteiger charge is -2.12. The fourth-order valence-corrected chi connectivity index (χ4v) is 2.70. The third kappa shape index (κ3) is 3.75. The maximum atomic E-state index is 12.3. The monoisotopic (exact) mass is 302 g/mol. The summed E-state index contributed by atoms with van der Waals surface area (Å²) in [5.41, 5.74) is 0.502. The standard InChI is InChI=1S/C18H22O4/c1-3-21-16(19)10-11-18(17(20)22-4-2)13-15(18)12-14-8-6-5-7-9-14/h5-11,15H,3-4,12-13H2,1-2H3/b11-10+/t15-,18-/m0/s1. The maximum absolute atomic E-state index is 12.3. The summed E-state index contributed by atoms with van der Waals surface area (Å²) in [5.74, 6) is -0.507. The minimum atomic E-state index is -0.682. The second-order valence-electron chi connectivity index (χ2n) is 5.44. The average Bonchev–Trinajstić information content (AvgIpc) is 3.21. The third-order valence-corrected chi connectivity index (χ3v) is 3.94. The van der Waals surface area contributed by atoms with E-state index in [1.165, 1.54) is 11.6 Å². The Hall–Kier alpha value is -2.10. The number of rotatable bonds is 7. The number of benzene rings is 1. The average molecular weight is 302 g/mol. The first-order chi connectivity index (χ1) is 10.6. The Labute approximate surface area is 131 Å². The number of carbonyl (C=O) groups is 2. The normalized spacial score (nSPS) is 23.3. The van der Waals surface area contributed by atoms with Crippen molar-refractivity contribution < 1.29 is 19.1 Å². The molecule has 0 aromatic heterocycles. The molecule has 0 amide bonds. The molecule has 2 atom stereocenters. The zero-order valence-corrected chi connectivity index (χ0v) is 13.1. The Morgan fingerprint density at radius 2 is 1.86 bits per heavy atom. The smallest absolute Gasteiger partial charge is 0.330 e. The lowest BCUT2D eigenvalue weighted by atomic mass is 9.98. The van der Waals surface area contributed by atoms with Gasteiger partial charge in [0.25, 0.3) is 0 Å². The lowest BCUT2D eigenvalue weighted by Crippen LogP contribution is -2.20. The van der Waals surface area contributed by atoms with Gasteiger partial charge in [0.05, 0.1) is 18.6 Å². The minimum absolute atomic E-state index is 0.166. The van der Waals surface area contributed by atoms with Gasteiger partial charge in [-0.25, -0.2) is 4.79 Å². The largest absolute Gasteiger partial charge is 0.465 e. The SMILES string of the molecule is CCOC(=O)/C=C/[C@]1(C(=O)OCC)C[C@@H]1Cc1ccccc1. The molecule has 0 aliphatic heterocycles. The number of hydrogen-bond acceptors (Lipinski definition) is 4. The molecule has 1 saturated carbocycles. The Morgan fingerprint density at radius 3 is 2.50 bits per heavy atom. The van der Waals surface area contributed by atoms with E-state index in [2.05, 4.69) is 0 Å². The van der Waals surface area contributed by atoms with Crippen LogP contribution in [0.3, 0.4) is 0 Å². The van der Waals surface area contributed by atoms with Crippen molar-refractivity contribution in [3.05, 3.63) is 48.0 Å². The summed E-state index contributed by atoms with van der Waals surface area (Å²) >= 11 is 0. The van der Waals surface area contributed by atoms with E-state index >= 15 is 0 Å². The highest BCUT2D eigenvalue weighted by molar-refractivity contribution is 5.87. The molecule has 0 unspecified atom stereocenters. The van der Waals surface area contributed by atoms with Gasteiger partial charge in [-0.2, -0.15) is 0 Å². The molecule has 2 rings (SSSR count). The molecule has 118 valence electrons. The molecule has 4 heteroatoms. The molecule has 1 aliphatic carbocycles. The van der Waals surface area contributed by atoms with Crippen LogP contribution in [0.5, 0.6) is 0 Å². The van der Waals surface area contributed by atoms with Crippen molar-refractivity contribution >= 4 is 11.9 Å². The van der Waals surface area contributed by atoms with Crippen LogP contribution in [0.1, 0.15) is 25.8 Å². The van der Waals surface area contributed by atoms with Crippen LogP contribution in [0.2, 0.25) is 0 Å². The first kappa shape index (κ1) is 16.3. The van der Waals surface area contributed by atoms with Crippen LogP contribution in [-0.2, 0) is 25.5 Å². The number of esters is 2. The summed E-state index contributed by atoms with van der Waals surface area (Å²) in [5, 5.41) is 0. The summed E-state index contributed by atoms with van der Waals surface area (Å²) in [6.45, 7) is 4.20. The second-order valence-corrected chi connectivity index (χ2v) is 5.44. The summed E-state index contributed by atoms with van der Waals surface area (Å²) in [7, 11) is 0. The van der Waals surface area contributed by atoms with E-state index in [1.807, 2.05) is 30.3 Å². The molecule has 1 fully saturated rings. The molecule has 4 nitrogen and oxygen atoms in total. The topological polar surface area (TPSA) is 52.6 Å². The molecular weight excluding hydrogens is 280 g/mol. The predicted molar refractivity (Wildman–Crippen MR) is 83.1 cm³/mol. The Balaban J connectivity index is 2.09. The molecule has 0 bridgehead atoms. The van der Waals surface area contributed by atoms with E-state index in [0.717, 1.165) is 6.42 Å². The molecule has 0 N–H and O–H groups in total. The summed E-state index contributed by atoms with van der Waals surface area (Å²) in [6, 6.07) is 10.0. The third-order valence-electron chi connectivity index (χ3n) is 3.94. The van der Waals surface area contributed by atoms with Gasteiger partial charge in [0, 0.05) is 6.08 Å². The van der Waals surface area contributed by atoms with Gasteiger partial charge in [-0.15, -0.1) is 0 Å². The van der Waals surface area contributed by atoms with Crippen molar-refractivity contribution in [3.8, 4) is 0 Å². The molecule has 1 aliphatic rings. The summed E-state index contributed by atoms with van der Waals surface area (Å²) < 4.78 is 10.1. The van der Waals surface area contributed by atoms with E-state index in [4.69, 9.17) is 9.47 Å². The van der Waals surface area contributed by atoms with Gasteiger partial charge in [-0.05, 0) is 38.2 Å². The number of carbonyl (C=O) groups excluding carboxylic acids is 2. The Kier molecular flexibility index (Phi) is 5.36. The van der Waals surface area contributed by atoms with Crippen molar-refractivity contribution in [3.63, 3.8) is 0 Å². The highest BCUT2D eigenvalue weighted by Gasteiger charge is 2.59. The zero-order chi connectivity index (χ0) is 16.0. The summed E-state index contributed by atoms with van der Waals surface area (Å²) in [4.78, 5) is 23.8. The van der Waals surface area contributed by atoms with Gasteiger partial charge in [-0.1, -0.05) is 36.4 Å². The van der Waals surface area contributed by atoms with Crippen molar-refractivity contribution in [1.29, 1.82) is 0 Å². The molecule has 0 spiro atoms. The molecule has 22 heavy (non-hydrogen) atoms. The first-order valence-corrected chi connectivity index (χ1v) is 7.69. The van der Waals surface area contributed by atoms with Crippen molar-refractivity contribution in [1.82, 2.24) is 0 Å². The first-order valence-electron chi connectivity index (χ1n) is 7.69. The van der Waals surface area contributed by atoms with Gasteiger partial charge >= 0.3 is 11.9 Å². The van der Waals surface area contributed by atoms with E-state index in [9.17, 15) is 9.59 Å². The van der Waals surface area contributed by atoms with Crippen LogP contribution in [0.4, 0.5) is 0 Å². The Morgan fingerprint density at radius 1 is 1.18 bits per heavy atom. The van der Waals surface area contributed by atoms with E-state index in [1.54, 1.807) is 19.9 Å². The maximum Gasteiger partial charge on any atom is 0.330 e. The van der Waals surface area contributed by atoms with Crippen LogP contribution >= 0.6 is 0 Å². The lowest BCUT2D eigenvalue weighted by molar-refractivity contribution is -0.148. The molecule has 0 radical (unpaired) electrons. The Bertz CT molecular complexity index is 549. The molecule has 0 saturated heterocycles. The molecule has 1 aromatic carbocycles. The van der Waals surface area contributed by atoms with Crippen molar-refractivity contribution in [2.75, 3.05) is 13.2 Å². The van der Waals surface area contributed by atoms with Crippen LogP contribution in [0.25, 0.3) is 0 Å². The van der Waals surface area contributed by atoms with E-state index in [0.29, 0.717) is 19.6 Å². The molecular formula is C18H22O4. The van der Waals surface area contributed by atoms with Gasteiger partial charge < -0.3 is 9.47 Å². The van der Waals surface area contributed by atoms with Crippen molar-refractivity contribution in [2.24, 2.45) is 11.3 Å². The highest BCUT2D eigenvalue weighted by Crippen LogP contribution is 2.56. The van der Waals surface area contributed by atoms with E-state index < -0.39 is 11.4 Å². The molecule has 0 heterocycles. The quantitative estimate of drug-likeness (QED) is 0.574. The fourth-order valence-electron chi connectivity index (χ4n) is 2.70. The van der Waals surface area contributed by atoms with Crippen molar-refractivity contribution in [2.45, 2.75) is 26.7 Å². The highest BCUT2D eigenvalue weighted by atomic mass is 16.5. The number of hydrogen-bond donors (Lipinski definition) is 0.